The molecule has 1 rings (SSSR count). The average molecular weight is 224 g/mol. The van der Waals surface area contributed by atoms with Gasteiger partial charge in [0.05, 0.1) is 0 Å². The van der Waals surface area contributed by atoms with E-state index in [4.69, 9.17) is 0 Å². The van der Waals surface area contributed by atoms with Crippen LogP contribution in [0, 0.1) is 28.6 Å². The lowest BCUT2D eigenvalue weighted by Crippen LogP contribution is -2.47. The molecule has 0 bridgehead atoms. The third-order valence-corrected chi connectivity index (χ3v) is 4.60. The van der Waals surface area contributed by atoms with E-state index in [1.807, 2.05) is 0 Å². The summed E-state index contributed by atoms with van der Waals surface area (Å²) in [7, 11) is 0. The van der Waals surface area contributed by atoms with Crippen molar-refractivity contribution in [2.45, 2.75) is 74.1 Å². The number of hydrogen-bond acceptors (Lipinski definition) is 0. The van der Waals surface area contributed by atoms with Crippen LogP contribution >= 0.6 is 0 Å². The zero-order valence-corrected chi connectivity index (χ0v) is 12.6. The lowest BCUT2D eigenvalue weighted by atomic mass is 9.50. The molecule has 16 heavy (non-hydrogen) atoms. The van der Waals surface area contributed by atoms with E-state index in [2.05, 4.69) is 48.5 Å². The molecule has 1 aliphatic rings. The van der Waals surface area contributed by atoms with Gasteiger partial charge in [0.2, 0.25) is 0 Å². The quantitative estimate of drug-likeness (QED) is 0.589. The summed E-state index contributed by atoms with van der Waals surface area (Å²) in [5.74, 6) is 2.79. The van der Waals surface area contributed by atoms with Crippen LogP contribution in [0.4, 0.5) is 0 Å². The summed E-state index contributed by atoms with van der Waals surface area (Å²) in [6.45, 7) is 16.9. The van der Waals surface area contributed by atoms with E-state index in [0.29, 0.717) is 10.8 Å². The van der Waals surface area contributed by atoms with Gasteiger partial charge >= 0.3 is 0 Å². The smallest absolute Gasteiger partial charge is 0.0290 e. The summed E-state index contributed by atoms with van der Waals surface area (Å²) in [6, 6.07) is 0. The van der Waals surface area contributed by atoms with Crippen LogP contribution in [0.1, 0.15) is 74.1 Å². The molecule has 0 heterocycles. The van der Waals surface area contributed by atoms with Crippen molar-refractivity contribution < 1.29 is 0 Å². The lowest BCUT2D eigenvalue weighted by Gasteiger charge is -2.55. The molecule has 0 aromatic heterocycles. The van der Waals surface area contributed by atoms with Crippen molar-refractivity contribution in [3.63, 3.8) is 0 Å². The predicted molar refractivity (Wildman–Crippen MR) is 73.5 cm³/mol. The summed E-state index contributed by atoms with van der Waals surface area (Å²) < 4.78 is 0. The second kappa shape index (κ2) is 4.70. The minimum atomic E-state index is 0.513. The Balaban J connectivity index is 2.42. The van der Waals surface area contributed by atoms with Gasteiger partial charge in [-0.05, 0) is 47.8 Å². The Labute approximate surface area is 103 Å². The summed E-state index contributed by atoms with van der Waals surface area (Å²) in [6.07, 6.45) is 5.69. The van der Waals surface area contributed by atoms with Crippen molar-refractivity contribution in [2.24, 2.45) is 28.6 Å². The van der Waals surface area contributed by atoms with Crippen LogP contribution in [0.15, 0.2) is 0 Å². The highest BCUT2D eigenvalue weighted by atomic mass is 14.5. The van der Waals surface area contributed by atoms with Gasteiger partial charge < -0.3 is 0 Å². The molecule has 0 amide bonds. The molecular formula is C16H32. The Morgan fingerprint density at radius 2 is 1.81 bits per heavy atom. The zero-order chi connectivity index (χ0) is 12.6. The minimum Gasteiger partial charge on any atom is -0.0625 e. The van der Waals surface area contributed by atoms with E-state index < -0.39 is 0 Å². The Bertz CT molecular complexity index is 216. The fraction of sp³-hybridized carbons (Fsp3) is 1.00. The molecule has 0 aromatic rings. The molecule has 96 valence electrons. The maximum absolute atomic E-state index is 2.53. The molecule has 0 saturated heterocycles. The average Bonchev–Trinajstić information content (AvgIpc) is 1.98. The molecule has 0 N–H and O–H groups in total. The zero-order valence-electron chi connectivity index (χ0n) is 12.6. The molecule has 0 radical (unpaired) electrons. The SMILES string of the molecule is CC(C)C1C(C)CC1(C)CCCC(C)(C)C. The van der Waals surface area contributed by atoms with Gasteiger partial charge in [-0.15, -0.1) is 0 Å². The molecule has 0 spiro atoms. The van der Waals surface area contributed by atoms with Gasteiger partial charge in [0.15, 0.2) is 0 Å². The van der Waals surface area contributed by atoms with Crippen molar-refractivity contribution in [3.05, 3.63) is 0 Å². The monoisotopic (exact) mass is 224 g/mol. The maximum Gasteiger partial charge on any atom is -0.0290 e. The highest BCUT2D eigenvalue weighted by Crippen LogP contribution is 2.57. The molecule has 1 saturated carbocycles. The van der Waals surface area contributed by atoms with Crippen LogP contribution in [-0.4, -0.2) is 0 Å². The van der Waals surface area contributed by atoms with Crippen molar-refractivity contribution in [2.75, 3.05) is 0 Å². The number of rotatable bonds is 4. The van der Waals surface area contributed by atoms with Gasteiger partial charge in [-0.3, -0.25) is 0 Å². The third-order valence-electron chi connectivity index (χ3n) is 4.60. The topological polar surface area (TPSA) is 0 Å². The van der Waals surface area contributed by atoms with E-state index in [0.717, 1.165) is 17.8 Å². The lowest BCUT2D eigenvalue weighted by molar-refractivity contribution is -0.0578. The Morgan fingerprint density at radius 1 is 1.25 bits per heavy atom. The third kappa shape index (κ3) is 3.25. The minimum absolute atomic E-state index is 0.513. The predicted octanol–water partition coefficient (Wildman–Crippen LogP) is 5.52. The van der Waals surface area contributed by atoms with Gasteiger partial charge in [0.1, 0.15) is 0 Å². The van der Waals surface area contributed by atoms with E-state index in [1.165, 1.54) is 25.7 Å². The van der Waals surface area contributed by atoms with Crippen molar-refractivity contribution in [3.8, 4) is 0 Å². The van der Waals surface area contributed by atoms with Gasteiger partial charge in [0.25, 0.3) is 0 Å². The first-order valence-corrected chi connectivity index (χ1v) is 7.16. The molecule has 1 aliphatic carbocycles. The van der Waals surface area contributed by atoms with Gasteiger partial charge in [-0.1, -0.05) is 54.9 Å². The van der Waals surface area contributed by atoms with Crippen LogP contribution in [0.3, 0.4) is 0 Å². The summed E-state index contributed by atoms with van der Waals surface area (Å²) in [5, 5.41) is 0. The fourth-order valence-corrected chi connectivity index (χ4v) is 4.28. The van der Waals surface area contributed by atoms with Crippen molar-refractivity contribution >= 4 is 0 Å². The van der Waals surface area contributed by atoms with Gasteiger partial charge in [-0.2, -0.15) is 0 Å². The standard InChI is InChI=1S/C16H32/c1-12(2)14-13(3)11-16(14,7)10-8-9-15(4,5)6/h12-14H,8-11H2,1-7H3. The highest BCUT2D eigenvalue weighted by Gasteiger charge is 2.48. The summed E-state index contributed by atoms with van der Waals surface area (Å²) in [5.41, 5.74) is 1.16. The highest BCUT2D eigenvalue weighted by molar-refractivity contribution is 4.97. The normalized spacial score (nSPS) is 35.2. The summed E-state index contributed by atoms with van der Waals surface area (Å²) in [4.78, 5) is 0. The Morgan fingerprint density at radius 3 is 2.19 bits per heavy atom. The molecule has 3 atom stereocenters. The first-order valence-electron chi connectivity index (χ1n) is 7.16. The fourth-order valence-electron chi connectivity index (χ4n) is 4.28. The molecule has 0 heteroatoms. The van der Waals surface area contributed by atoms with Crippen LogP contribution in [0.5, 0.6) is 0 Å². The molecule has 0 aromatic carbocycles. The van der Waals surface area contributed by atoms with Crippen molar-refractivity contribution in [1.82, 2.24) is 0 Å². The van der Waals surface area contributed by atoms with Crippen LogP contribution < -0.4 is 0 Å². The van der Waals surface area contributed by atoms with Crippen molar-refractivity contribution in [1.29, 1.82) is 0 Å². The molecule has 1 fully saturated rings. The Hall–Kier alpha value is 0. The van der Waals surface area contributed by atoms with E-state index in [9.17, 15) is 0 Å². The van der Waals surface area contributed by atoms with Gasteiger partial charge in [-0.25, -0.2) is 0 Å². The van der Waals surface area contributed by atoms with Crippen LogP contribution in [0.2, 0.25) is 0 Å². The van der Waals surface area contributed by atoms with Crippen LogP contribution in [0.25, 0.3) is 0 Å². The maximum atomic E-state index is 2.53. The first-order chi connectivity index (χ1) is 7.16. The van der Waals surface area contributed by atoms with E-state index in [1.54, 1.807) is 0 Å². The molecule has 3 unspecified atom stereocenters. The Kier molecular flexibility index (Phi) is 4.13. The van der Waals surface area contributed by atoms with Gasteiger partial charge in [0, 0.05) is 0 Å². The molecule has 0 aliphatic heterocycles. The largest absolute Gasteiger partial charge is 0.0625 e. The van der Waals surface area contributed by atoms with E-state index >= 15 is 0 Å². The second-order valence-electron chi connectivity index (χ2n) is 8.02. The first kappa shape index (κ1) is 14.1. The molecule has 0 nitrogen and oxygen atoms in total. The second-order valence-corrected chi connectivity index (χ2v) is 8.02. The number of hydrogen-bond donors (Lipinski definition) is 0. The molecular weight excluding hydrogens is 192 g/mol. The van der Waals surface area contributed by atoms with E-state index in [-0.39, 0.29) is 0 Å². The van der Waals surface area contributed by atoms with Crippen LogP contribution in [-0.2, 0) is 0 Å². The summed E-state index contributed by atoms with van der Waals surface area (Å²) >= 11 is 0.